The Bertz CT molecular complexity index is 688. The number of nitro benzene ring substituents is 1. The molecular weight excluding hydrogens is 286 g/mol. The molecule has 0 spiro atoms. The molecule has 114 valence electrons. The molecule has 22 heavy (non-hydrogen) atoms. The van der Waals surface area contributed by atoms with E-state index in [4.69, 9.17) is 4.74 Å². The van der Waals surface area contributed by atoms with Crippen LogP contribution < -0.4 is 10.1 Å². The summed E-state index contributed by atoms with van der Waals surface area (Å²) in [5.41, 5.74) is 0.502. The number of aromatic nitrogens is 1. The van der Waals surface area contributed by atoms with Crippen LogP contribution in [0.4, 0.5) is 5.69 Å². The third-order valence-corrected chi connectivity index (χ3v) is 2.92. The SMILES string of the molecule is CCOc1ncccc1CNC(=O)c1ccccc1[N+](=O)[O-]. The van der Waals surface area contributed by atoms with Crippen LogP contribution in [0.3, 0.4) is 0 Å². The minimum absolute atomic E-state index is 0.0225. The monoisotopic (exact) mass is 301 g/mol. The fourth-order valence-corrected chi connectivity index (χ4v) is 1.92. The lowest BCUT2D eigenvalue weighted by molar-refractivity contribution is -0.385. The molecule has 2 rings (SSSR count). The van der Waals surface area contributed by atoms with Crippen molar-refractivity contribution in [2.75, 3.05) is 6.61 Å². The average Bonchev–Trinajstić information content (AvgIpc) is 2.54. The Morgan fingerprint density at radius 2 is 2.09 bits per heavy atom. The van der Waals surface area contributed by atoms with Crippen LogP contribution in [0.25, 0.3) is 0 Å². The van der Waals surface area contributed by atoms with Gasteiger partial charge in [-0.2, -0.15) is 0 Å². The molecule has 1 heterocycles. The zero-order valence-corrected chi connectivity index (χ0v) is 12.0. The van der Waals surface area contributed by atoms with Gasteiger partial charge in [-0.1, -0.05) is 18.2 Å². The Balaban J connectivity index is 2.13. The van der Waals surface area contributed by atoms with Gasteiger partial charge in [-0.15, -0.1) is 0 Å². The molecule has 0 aliphatic heterocycles. The Morgan fingerprint density at radius 1 is 1.32 bits per heavy atom. The van der Waals surface area contributed by atoms with Crippen molar-refractivity contribution in [1.29, 1.82) is 0 Å². The first kappa shape index (κ1) is 15.4. The van der Waals surface area contributed by atoms with Crippen molar-refractivity contribution < 1.29 is 14.5 Å². The molecule has 0 saturated heterocycles. The molecule has 1 N–H and O–H groups in total. The smallest absolute Gasteiger partial charge is 0.282 e. The molecule has 0 fully saturated rings. The summed E-state index contributed by atoms with van der Waals surface area (Å²) >= 11 is 0. The van der Waals surface area contributed by atoms with Crippen molar-refractivity contribution in [2.24, 2.45) is 0 Å². The van der Waals surface area contributed by atoms with Gasteiger partial charge in [-0.3, -0.25) is 14.9 Å². The van der Waals surface area contributed by atoms with E-state index in [1.807, 2.05) is 6.92 Å². The lowest BCUT2D eigenvalue weighted by Gasteiger charge is -2.10. The molecule has 0 aliphatic carbocycles. The highest BCUT2D eigenvalue weighted by atomic mass is 16.6. The number of benzene rings is 1. The van der Waals surface area contributed by atoms with Gasteiger partial charge in [0.1, 0.15) is 5.56 Å². The van der Waals surface area contributed by atoms with E-state index in [2.05, 4.69) is 10.3 Å². The maximum atomic E-state index is 12.1. The molecule has 0 atom stereocenters. The topological polar surface area (TPSA) is 94.4 Å². The molecule has 0 aliphatic rings. The predicted molar refractivity (Wildman–Crippen MR) is 79.7 cm³/mol. The molecule has 1 amide bonds. The third kappa shape index (κ3) is 3.57. The zero-order chi connectivity index (χ0) is 15.9. The Labute approximate surface area is 127 Å². The molecule has 0 saturated carbocycles. The minimum atomic E-state index is -0.579. The Morgan fingerprint density at radius 3 is 2.82 bits per heavy atom. The first-order valence-corrected chi connectivity index (χ1v) is 6.71. The fourth-order valence-electron chi connectivity index (χ4n) is 1.92. The molecule has 1 aromatic heterocycles. The Kier molecular flexibility index (Phi) is 5.02. The summed E-state index contributed by atoms with van der Waals surface area (Å²) in [6, 6.07) is 9.32. The number of amides is 1. The summed E-state index contributed by atoms with van der Waals surface area (Å²) in [7, 11) is 0. The number of para-hydroxylation sites is 1. The molecule has 7 nitrogen and oxygen atoms in total. The van der Waals surface area contributed by atoms with Crippen molar-refractivity contribution in [2.45, 2.75) is 13.5 Å². The number of nitro groups is 1. The van der Waals surface area contributed by atoms with Crippen molar-refractivity contribution >= 4 is 11.6 Å². The van der Waals surface area contributed by atoms with E-state index in [-0.39, 0.29) is 17.8 Å². The number of pyridine rings is 1. The van der Waals surface area contributed by atoms with Crippen LogP contribution in [0.1, 0.15) is 22.8 Å². The summed E-state index contributed by atoms with van der Waals surface area (Å²) in [4.78, 5) is 26.6. The second-order valence-electron chi connectivity index (χ2n) is 4.36. The largest absolute Gasteiger partial charge is 0.478 e. The van der Waals surface area contributed by atoms with E-state index >= 15 is 0 Å². The molecule has 0 radical (unpaired) electrons. The van der Waals surface area contributed by atoms with E-state index in [0.717, 1.165) is 0 Å². The lowest BCUT2D eigenvalue weighted by Crippen LogP contribution is -2.24. The third-order valence-electron chi connectivity index (χ3n) is 2.92. The Hall–Kier alpha value is -2.96. The van der Waals surface area contributed by atoms with Crippen LogP contribution in [-0.2, 0) is 6.54 Å². The van der Waals surface area contributed by atoms with Gasteiger partial charge in [0, 0.05) is 24.4 Å². The van der Waals surface area contributed by atoms with Gasteiger partial charge in [0.05, 0.1) is 11.5 Å². The minimum Gasteiger partial charge on any atom is -0.478 e. The maximum Gasteiger partial charge on any atom is 0.282 e. The number of carbonyl (C=O) groups is 1. The summed E-state index contributed by atoms with van der Waals surface area (Å²) in [5.74, 6) is -0.0773. The first-order chi connectivity index (χ1) is 10.6. The number of carbonyl (C=O) groups excluding carboxylic acids is 1. The summed E-state index contributed by atoms with van der Waals surface area (Å²) < 4.78 is 5.37. The highest BCUT2D eigenvalue weighted by Crippen LogP contribution is 2.18. The number of nitrogens with zero attached hydrogens (tertiary/aromatic N) is 2. The highest BCUT2D eigenvalue weighted by molar-refractivity contribution is 5.98. The summed E-state index contributed by atoms with van der Waals surface area (Å²) in [6.45, 7) is 2.47. The molecular formula is C15H15N3O4. The van der Waals surface area contributed by atoms with Gasteiger partial charge >= 0.3 is 0 Å². The van der Waals surface area contributed by atoms with Crippen LogP contribution in [0, 0.1) is 10.1 Å². The van der Waals surface area contributed by atoms with Crippen LogP contribution in [0.15, 0.2) is 42.6 Å². The molecule has 2 aromatic rings. The van der Waals surface area contributed by atoms with Gasteiger partial charge in [0.25, 0.3) is 11.6 Å². The van der Waals surface area contributed by atoms with Gasteiger partial charge in [0.2, 0.25) is 5.88 Å². The van der Waals surface area contributed by atoms with E-state index in [1.54, 1.807) is 24.4 Å². The lowest BCUT2D eigenvalue weighted by atomic mass is 10.1. The van der Waals surface area contributed by atoms with Crippen molar-refractivity contribution in [3.63, 3.8) is 0 Å². The molecule has 7 heteroatoms. The van der Waals surface area contributed by atoms with Crippen molar-refractivity contribution in [1.82, 2.24) is 10.3 Å². The zero-order valence-electron chi connectivity index (χ0n) is 12.0. The molecule has 0 unspecified atom stereocenters. The number of nitrogens with one attached hydrogen (secondary N) is 1. The van der Waals surface area contributed by atoms with E-state index in [9.17, 15) is 14.9 Å². The van der Waals surface area contributed by atoms with Crippen LogP contribution in [0.5, 0.6) is 5.88 Å². The van der Waals surface area contributed by atoms with Crippen LogP contribution in [-0.4, -0.2) is 22.4 Å². The normalized spacial score (nSPS) is 10.0. The highest BCUT2D eigenvalue weighted by Gasteiger charge is 2.19. The predicted octanol–water partition coefficient (Wildman–Crippen LogP) is 2.32. The van der Waals surface area contributed by atoms with Crippen LogP contribution >= 0.6 is 0 Å². The average molecular weight is 301 g/mol. The fraction of sp³-hybridized carbons (Fsp3) is 0.200. The van der Waals surface area contributed by atoms with Gasteiger partial charge in [-0.25, -0.2) is 4.98 Å². The summed E-state index contributed by atoms with van der Waals surface area (Å²) in [6.07, 6.45) is 1.60. The number of rotatable bonds is 6. The maximum absolute atomic E-state index is 12.1. The second kappa shape index (κ2) is 7.16. The molecule has 1 aromatic carbocycles. The summed E-state index contributed by atoms with van der Waals surface area (Å²) in [5, 5.41) is 13.6. The standard InChI is InChI=1S/C15H15N3O4/c1-2-22-15-11(6-5-9-16-15)10-17-14(19)12-7-3-4-8-13(12)18(20)21/h3-9H,2,10H2,1H3,(H,17,19). The molecule has 0 bridgehead atoms. The number of hydrogen-bond donors (Lipinski definition) is 1. The number of ether oxygens (including phenoxy) is 1. The first-order valence-electron chi connectivity index (χ1n) is 6.71. The quantitative estimate of drug-likeness (QED) is 0.652. The van der Waals surface area contributed by atoms with Crippen LogP contribution in [0.2, 0.25) is 0 Å². The van der Waals surface area contributed by atoms with E-state index in [1.165, 1.54) is 18.2 Å². The van der Waals surface area contributed by atoms with Gasteiger partial charge in [-0.05, 0) is 19.1 Å². The van der Waals surface area contributed by atoms with Gasteiger partial charge in [0.15, 0.2) is 0 Å². The second-order valence-corrected chi connectivity index (χ2v) is 4.36. The van der Waals surface area contributed by atoms with Crippen molar-refractivity contribution in [3.05, 3.63) is 63.8 Å². The van der Waals surface area contributed by atoms with Gasteiger partial charge < -0.3 is 10.1 Å². The van der Waals surface area contributed by atoms with Crippen molar-refractivity contribution in [3.8, 4) is 5.88 Å². The van der Waals surface area contributed by atoms with E-state index < -0.39 is 10.8 Å². The number of hydrogen-bond acceptors (Lipinski definition) is 5. The van der Waals surface area contributed by atoms with E-state index in [0.29, 0.717) is 18.1 Å².